The molecule has 3 N–H and O–H groups in total. The second-order valence-electron chi connectivity index (χ2n) is 4.67. The van der Waals surface area contributed by atoms with Crippen molar-refractivity contribution in [2.45, 2.75) is 39.7 Å². The van der Waals surface area contributed by atoms with Crippen molar-refractivity contribution in [2.75, 3.05) is 23.0 Å². The van der Waals surface area contributed by atoms with Crippen molar-refractivity contribution >= 4 is 21.6 Å². The summed E-state index contributed by atoms with van der Waals surface area (Å²) >= 11 is 1.87. The van der Waals surface area contributed by atoms with Gasteiger partial charge in [0.05, 0.1) is 5.75 Å². The Labute approximate surface area is 110 Å². The fourth-order valence-electron chi connectivity index (χ4n) is 1.35. The number of rotatable bonds is 10. The Kier molecular flexibility index (Phi) is 9.31. The lowest BCUT2D eigenvalue weighted by Crippen LogP contribution is -2.37. The van der Waals surface area contributed by atoms with E-state index in [9.17, 15) is 8.42 Å². The van der Waals surface area contributed by atoms with E-state index < -0.39 is 9.84 Å². The van der Waals surface area contributed by atoms with Gasteiger partial charge in [-0.1, -0.05) is 20.8 Å². The molecule has 0 aliphatic carbocycles. The van der Waals surface area contributed by atoms with Crippen LogP contribution in [0.1, 0.15) is 33.6 Å². The van der Waals surface area contributed by atoms with Gasteiger partial charge in [-0.15, -0.1) is 0 Å². The van der Waals surface area contributed by atoms with Gasteiger partial charge in [-0.3, -0.25) is 11.3 Å². The Hall–Kier alpha value is 0.220. The van der Waals surface area contributed by atoms with E-state index in [1.165, 1.54) is 0 Å². The maximum atomic E-state index is 11.3. The second kappa shape index (κ2) is 9.19. The van der Waals surface area contributed by atoms with Gasteiger partial charge in [0.2, 0.25) is 0 Å². The van der Waals surface area contributed by atoms with Crippen molar-refractivity contribution in [3.05, 3.63) is 0 Å². The SMILES string of the molecule is CCS(=O)(=O)CCCC(CSCC(C)C)NN. The van der Waals surface area contributed by atoms with Crippen LogP contribution in [0.25, 0.3) is 0 Å². The summed E-state index contributed by atoms with van der Waals surface area (Å²) in [5, 5.41) is 0. The van der Waals surface area contributed by atoms with Gasteiger partial charge in [0.1, 0.15) is 9.84 Å². The highest BCUT2D eigenvalue weighted by Crippen LogP contribution is 2.11. The average molecular weight is 282 g/mol. The third-order valence-electron chi connectivity index (χ3n) is 2.45. The molecule has 1 atom stereocenters. The number of sulfone groups is 1. The summed E-state index contributed by atoms with van der Waals surface area (Å²) in [6.07, 6.45) is 1.51. The van der Waals surface area contributed by atoms with Crippen LogP contribution in [0.2, 0.25) is 0 Å². The van der Waals surface area contributed by atoms with Crippen molar-refractivity contribution in [3.63, 3.8) is 0 Å². The van der Waals surface area contributed by atoms with Crippen LogP contribution in [0.4, 0.5) is 0 Å². The Balaban J connectivity index is 3.75. The Morgan fingerprint density at radius 1 is 1.29 bits per heavy atom. The van der Waals surface area contributed by atoms with E-state index >= 15 is 0 Å². The van der Waals surface area contributed by atoms with E-state index in [1.807, 2.05) is 11.8 Å². The van der Waals surface area contributed by atoms with Crippen molar-refractivity contribution in [1.82, 2.24) is 5.43 Å². The molecule has 104 valence electrons. The minimum Gasteiger partial charge on any atom is -0.271 e. The molecule has 17 heavy (non-hydrogen) atoms. The maximum absolute atomic E-state index is 11.3. The molecule has 0 spiro atoms. The summed E-state index contributed by atoms with van der Waals surface area (Å²) in [5.41, 5.74) is 2.76. The number of hydrazine groups is 1. The molecular weight excluding hydrogens is 256 g/mol. The molecule has 0 aliphatic heterocycles. The number of thioether (sulfide) groups is 1. The molecule has 0 bridgehead atoms. The monoisotopic (exact) mass is 282 g/mol. The first-order chi connectivity index (χ1) is 7.91. The van der Waals surface area contributed by atoms with E-state index in [2.05, 4.69) is 19.3 Å². The molecule has 0 saturated carbocycles. The van der Waals surface area contributed by atoms with Crippen LogP contribution < -0.4 is 11.3 Å². The van der Waals surface area contributed by atoms with Gasteiger partial charge in [0, 0.05) is 17.5 Å². The van der Waals surface area contributed by atoms with Crippen molar-refractivity contribution in [3.8, 4) is 0 Å². The first-order valence-electron chi connectivity index (χ1n) is 6.15. The molecule has 6 heteroatoms. The van der Waals surface area contributed by atoms with Gasteiger partial charge in [0.25, 0.3) is 0 Å². The molecule has 0 amide bonds. The zero-order valence-corrected chi connectivity index (χ0v) is 12.7. The predicted octanol–water partition coefficient (Wildman–Crippen LogP) is 1.42. The van der Waals surface area contributed by atoms with Gasteiger partial charge in [0.15, 0.2) is 0 Å². The lowest BCUT2D eigenvalue weighted by molar-refractivity contribution is 0.527. The zero-order chi connectivity index (χ0) is 13.3. The van der Waals surface area contributed by atoms with E-state index in [4.69, 9.17) is 5.84 Å². The topological polar surface area (TPSA) is 72.2 Å². The summed E-state index contributed by atoms with van der Waals surface area (Å²) in [4.78, 5) is 0. The Bertz CT molecular complexity index is 279. The quantitative estimate of drug-likeness (QED) is 0.468. The summed E-state index contributed by atoms with van der Waals surface area (Å²) in [5.74, 6) is 8.71. The van der Waals surface area contributed by atoms with Gasteiger partial charge in [-0.05, 0) is 24.5 Å². The zero-order valence-electron chi connectivity index (χ0n) is 11.1. The van der Waals surface area contributed by atoms with Crippen LogP contribution in [0.3, 0.4) is 0 Å². The largest absolute Gasteiger partial charge is 0.271 e. The van der Waals surface area contributed by atoms with Crippen LogP contribution in [0.15, 0.2) is 0 Å². The van der Waals surface area contributed by atoms with Gasteiger partial charge in [-0.2, -0.15) is 11.8 Å². The van der Waals surface area contributed by atoms with Crippen LogP contribution in [-0.4, -0.2) is 37.5 Å². The summed E-state index contributed by atoms with van der Waals surface area (Å²) < 4.78 is 22.6. The Morgan fingerprint density at radius 3 is 2.41 bits per heavy atom. The number of hydrogen-bond donors (Lipinski definition) is 2. The first kappa shape index (κ1) is 17.2. The van der Waals surface area contributed by atoms with Crippen LogP contribution in [-0.2, 0) is 9.84 Å². The summed E-state index contributed by atoms with van der Waals surface area (Å²) in [6.45, 7) is 6.06. The fraction of sp³-hybridized carbons (Fsp3) is 1.00. The van der Waals surface area contributed by atoms with E-state index in [-0.39, 0.29) is 17.5 Å². The van der Waals surface area contributed by atoms with E-state index in [0.29, 0.717) is 12.3 Å². The lowest BCUT2D eigenvalue weighted by Gasteiger charge is -2.15. The summed E-state index contributed by atoms with van der Waals surface area (Å²) in [7, 11) is -2.83. The molecule has 0 aromatic heterocycles. The molecule has 0 aromatic carbocycles. The highest BCUT2D eigenvalue weighted by Gasteiger charge is 2.11. The normalized spacial score (nSPS) is 14.2. The minimum absolute atomic E-state index is 0.214. The third kappa shape index (κ3) is 9.88. The highest BCUT2D eigenvalue weighted by atomic mass is 32.2. The van der Waals surface area contributed by atoms with Gasteiger partial charge >= 0.3 is 0 Å². The van der Waals surface area contributed by atoms with Crippen molar-refractivity contribution in [2.24, 2.45) is 11.8 Å². The third-order valence-corrected chi connectivity index (χ3v) is 5.78. The molecular formula is C11H26N2O2S2. The molecule has 0 aromatic rings. The van der Waals surface area contributed by atoms with Gasteiger partial charge < -0.3 is 0 Å². The van der Waals surface area contributed by atoms with Crippen LogP contribution in [0, 0.1) is 5.92 Å². The predicted molar refractivity (Wildman–Crippen MR) is 76.8 cm³/mol. The Morgan fingerprint density at radius 2 is 1.94 bits per heavy atom. The molecule has 0 aliphatic rings. The standard InChI is InChI=1S/C11H26N2O2S2/c1-4-17(14,15)7-5-6-11(13-12)9-16-8-10(2)3/h10-11,13H,4-9,12H2,1-3H3. The van der Waals surface area contributed by atoms with Crippen LogP contribution >= 0.6 is 11.8 Å². The highest BCUT2D eigenvalue weighted by molar-refractivity contribution is 7.99. The molecule has 0 heterocycles. The molecule has 0 radical (unpaired) electrons. The number of nitrogens with one attached hydrogen (secondary N) is 1. The average Bonchev–Trinajstić information content (AvgIpc) is 2.26. The van der Waals surface area contributed by atoms with Crippen molar-refractivity contribution in [1.29, 1.82) is 0 Å². The molecule has 0 saturated heterocycles. The first-order valence-corrected chi connectivity index (χ1v) is 9.13. The molecule has 4 nitrogen and oxygen atoms in total. The fourth-order valence-corrected chi connectivity index (χ4v) is 3.40. The smallest absolute Gasteiger partial charge is 0.150 e. The lowest BCUT2D eigenvalue weighted by atomic mass is 10.2. The molecule has 0 rings (SSSR count). The van der Waals surface area contributed by atoms with Gasteiger partial charge in [-0.25, -0.2) is 8.42 Å². The minimum atomic E-state index is -2.83. The van der Waals surface area contributed by atoms with E-state index in [1.54, 1.807) is 6.92 Å². The van der Waals surface area contributed by atoms with E-state index in [0.717, 1.165) is 17.9 Å². The second-order valence-corrected chi connectivity index (χ2v) is 8.22. The number of hydrogen-bond acceptors (Lipinski definition) is 5. The summed E-state index contributed by atoms with van der Waals surface area (Å²) in [6, 6.07) is 0.214. The number of nitrogens with two attached hydrogens (primary N) is 1. The van der Waals surface area contributed by atoms with Crippen molar-refractivity contribution < 1.29 is 8.42 Å². The van der Waals surface area contributed by atoms with Crippen LogP contribution in [0.5, 0.6) is 0 Å². The molecule has 1 unspecified atom stereocenters. The molecule has 0 fully saturated rings. The maximum Gasteiger partial charge on any atom is 0.150 e.